The second-order valence-corrected chi connectivity index (χ2v) is 17.8. The highest BCUT2D eigenvalue weighted by Crippen LogP contribution is 2.15. The summed E-state index contributed by atoms with van der Waals surface area (Å²) in [4.78, 5) is 38.0. The molecule has 0 bridgehead atoms. The van der Waals surface area contributed by atoms with E-state index in [-0.39, 0.29) is 31.1 Å². The van der Waals surface area contributed by atoms with Crippen molar-refractivity contribution in [3.63, 3.8) is 0 Å². The Balaban J connectivity index is 4.36. The minimum absolute atomic E-state index is 0.0788. The topological polar surface area (TPSA) is 78.9 Å². The zero-order valence-electron chi connectivity index (χ0n) is 40.7. The Labute approximate surface area is 378 Å². The van der Waals surface area contributed by atoms with Gasteiger partial charge in [0, 0.05) is 19.3 Å². The molecule has 0 saturated carbocycles. The van der Waals surface area contributed by atoms with Crippen LogP contribution in [0.4, 0.5) is 0 Å². The Morgan fingerprint density at radius 1 is 0.311 bits per heavy atom. The van der Waals surface area contributed by atoms with Crippen molar-refractivity contribution in [2.24, 2.45) is 0 Å². The molecule has 0 spiro atoms. The average molecular weight is 857 g/mol. The fraction of sp³-hybridized carbons (Fsp3) is 0.836. The summed E-state index contributed by atoms with van der Waals surface area (Å²) in [6.45, 7) is 6.60. The first kappa shape index (κ1) is 58.6. The van der Waals surface area contributed by atoms with E-state index in [2.05, 4.69) is 57.2 Å². The summed E-state index contributed by atoms with van der Waals surface area (Å²) in [6, 6.07) is 0. The molecule has 0 aliphatic rings. The number of carbonyl (C=O) groups excluding carboxylic acids is 3. The van der Waals surface area contributed by atoms with Gasteiger partial charge in [0.05, 0.1) is 0 Å². The predicted molar refractivity (Wildman–Crippen MR) is 261 cm³/mol. The van der Waals surface area contributed by atoms with Crippen LogP contribution >= 0.6 is 0 Å². The minimum atomic E-state index is -0.778. The summed E-state index contributed by atoms with van der Waals surface area (Å²) in [5.74, 6) is -0.891. The molecular weight excluding hydrogens is 757 g/mol. The SMILES string of the molecule is CCCCCCC=CCCCCCCCC(=O)OCC(COC(=O)CCCCCCCCCC=CCCCCCCCC)OC(=O)CCCCCCCC=CCCCCCC. The quantitative estimate of drug-likeness (QED) is 0.0262. The molecule has 356 valence electrons. The van der Waals surface area contributed by atoms with Crippen LogP contribution in [0.2, 0.25) is 0 Å². The monoisotopic (exact) mass is 857 g/mol. The fourth-order valence-corrected chi connectivity index (χ4v) is 7.54. The Hall–Kier alpha value is -2.37. The van der Waals surface area contributed by atoms with Crippen molar-refractivity contribution in [1.82, 2.24) is 0 Å². The molecule has 0 N–H and O–H groups in total. The predicted octanol–water partition coefficient (Wildman–Crippen LogP) is 17.3. The summed E-state index contributed by atoms with van der Waals surface area (Å²) in [5.41, 5.74) is 0. The van der Waals surface area contributed by atoms with E-state index in [1.807, 2.05) is 0 Å². The maximum atomic E-state index is 12.8. The van der Waals surface area contributed by atoms with Crippen molar-refractivity contribution in [2.45, 2.75) is 284 Å². The van der Waals surface area contributed by atoms with Crippen LogP contribution < -0.4 is 0 Å². The number of hydrogen-bond acceptors (Lipinski definition) is 6. The summed E-state index contributed by atoms with van der Waals surface area (Å²) >= 11 is 0. The normalized spacial score (nSPS) is 12.2. The molecule has 0 saturated heterocycles. The van der Waals surface area contributed by atoms with E-state index in [1.165, 1.54) is 161 Å². The van der Waals surface area contributed by atoms with E-state index >= 15 is 0 Å². The van der Waals surface area contributed by atoms with Crippen LogP contribution in [-0.2, 0) is 28.6 Å². The van der Waals surface area contributed by atoms with Gasteiger partial charge in [-0.15, -0.1) is 0 Å². The van der Waals surface area contributed by atoms with Gasteiger partial charge in [-0.2, -0.15) is 0 Å². The maximum absolute atomic E-state index is 12.8. The summed E-state index contributed by atoms with van der Waals surface area (Å²) in [6.07, 6.45) is 58.4. The molecule has 0 aliphatic carbocycles. The van der Waals surface area contributed by atoms with E-state index < -0.39 is 6.10 Å². The Bertz CT molecular complexity index is 1030. The largest absolute Gasteiger partial charge is 0.462 e. The van der Waals surface area contributed by atoms with E-state index in [1.54, 1.807) is 0 Å². The van der Waals surface area contributed by atoms with Crippen molar-refractivity contribution in [2.75, 3.05) is 13.2 Å². The highest BCUT2D eigenvalue weighted by Gasteiger charge is 2.19. The van der Waals surface area contributed by atoms with Crippen molar-refractivity contribution >= 4 is 17.9 Å². The maximum Gasteiger partial charge on any atom is 0.306 e. The molecule has 0 aromatic carbocycles. The molecule has 0 aliphatic heterocycles. The first-order valence-corrected chi connectivity index (χ1v) is 26.5. The lowest BCUT2D eigenvalue weighted by molar-refractivity contribution is -0.167. The first-order chi connectivity index (χ1) is 30.0. The molecule has 0 aromatic rings. The van der Waals surface area contributed by atoms with Crippen LogP contribution in [0.15, 0.2) is 36.5 Å². The molecule has 61 heavy (non-hydrogen) atoms. The third kappa shape index (κ3) is 48.5. The van der Waals surface area contributed by atoms with Crippen molar-refractivity contribution < 1.29 is 28.6 Å². The standard InChI is InChI=1S/C55H100O6/c1-4-7-10-13-16-19-22-25-26-27-28-31-33-36-39-42-45-48-54(57)60-51-52(61-55(58)49-46-43-40-37-34-30-24-21-18-15-12-9-6-3)50-59-53(56)47-44-41-38-35-32-29-23-20-17-14-11-8-5-2/h20-21,23-26,52H,4-19,22,27-51H2,1-3H3. The zero-order chi connectivity index (χ0) is 44.4. The molecule has 6 heteroatoms. The van der Waals surface area contributed by atoms with Crippen LogP contribution in [0.1, 0.15) is 278 Å². The summed E-state index contributed by atoms with van der Waals surface area (Å²) < 4.78 is 16.8. The van der Waals surface area contributed by atoms with Gasteiger partial charge in [-0.05, 0) is 96.3 Å². The van der Waals surface area contributed by atoms with Gasteiger partial charge in [0.2, 0.25) is 0 Å². The third-order valence-electron chi connectivity index (χ3n) is 11.6. The number of carbonyl (C=O) groups is 3. The fourth-order valence-electron chi connectivity index (χ4n) is 7.54. The van der Waals surface area contributed by atoms with Gasteiger partial charge in [-0.25, -0.2) is 0 Å². The molecule has 0 heterocycles. The number of esters is 3. The Morgan fingerprint density at radius 3 is 0.836 bits per heavy atom. The molecule has 0 fully saturated rings. The second kappa shape index (κ2) is 50.3. The van der Waals surface area contributed by atoms with Crippen molar-refractivity contribution in [1.29, 1.82) is 0 Å². The lowest BCUT2D eigenvalue weighted by Crippen LogP contribution is -2.30. The van der Waals surface area contributed by atoms with Crippen LogP contribution in [0.5, 0.6) is 0 Å². The molecule has 6 nitrogen and oxygen atoms in total. The van der Waals surface area contributed by atoms with Gasteiger partial charge in [-0.3, -0.25) is 14.4 Å². The molecule has 0 aromatic heterocycles. The molecule has 0 radical (unpaired) electrons. The van der Waals surface area contributed by atoms with Crippen LogP contribution in [0.25, 0.3) is 0 Å². The van der Waals surface area contributed by atoms with E-state index in [4.69, 9.17) is 14.2 Å². The number of unbranched alkanes of at least 4 members (excludes halogenated alkanes) is 31. The average Bonchev–Trinajstić information content (AvgIpc) is 3.26. The summed E-state index contributed by atoms with van der Waals surface area (Å²) in [7, 11) is 0. The van der Waals surface area contributed by atoms with Gasteiger partial charge >= 0.3 is 17.9 Å². The second-order valence-electron chi connectivity index (χ2n) is 17.8. The van der Waals surface area contributed by atoms with E-state index in [9.17, 15) is 14.4 Å². The number of rotatable bonds is 48. The Kier molecular flexibility index (Phi) is 48.3. The van der Waals surface area contributed by atoms with Crippen LogP contribution in [-0.4, -0.2) is 37.2 Å². The van der Waals surface area contributed by atoms with E-state index in [0.717, 1.165) is 77.0 Å². The molecule has 0 rings (SSSR count). The number of ether oxygens (including phenoxy) is 3. The van der Waals surface area contributed by atoms with Crippen molar-refractivity contribution in [3.8, 4) is 0 Å². The van der Waals surface area contributed by atoms with Crippen molar-refractivity contribution in [3.05, 3.63) is 36.5 Å². The van der Waals surface area contributed by atoms with Crippen LogP contribution in [0, 0.1) is 0 Å². The molecule has 0 amide bonds. The van der Waals surface area contributed by atoms with E-state index in [0.29, 0.717) is 19.3 Å². The van der Waals surface area contributed by atoms with Gasteiger partial charge in [0.1, 0.15) is 13.2 Å². The third-order valence-corrected chi connectivity index (χ3v) is 11.6. The lowest BCUT2D eigenvalue weighted by atomic mass is 10.1. The molecule has 1 unspecified atom stereocenters. The molecular formula is C55H100O6. The Morgan fingerprint density at radius 2 is 0.541 bits per heavy atom. The highest BCUT2D eigenvalue weighted by molar-refractivity contribution is 5.71. The lowest BCUT2D eigenvalue weighted by Gasteiger charge is -2.18. The zero-order valence-corrected chi connectivity index (χ0v) is 40.7. The van der Waals surface area contributed by atoms with Gasteiger partial charge in [0.15, 0.2) is 6.10 Å². The van der Waals surface area contributed by atoms with Gasteiger partial charge in [-0.1, -0.05) is 198 Å². The smallest absolute Gasteiger partial charge is 0.306 e. The van der Waals surface area contributed by atoms with Crippen LogP contribution in [0.3, 0.4) is 0 Å². The van der Waals surface area contributed by atoms with Gasteiger partial charge in [0.25, 0.3) is 0 Å². The summed E-state index contributed by atoms with van der Waals surface area (Å²) in [5, 5.41) is 0. The number of hydrogen-bond donors (Lipinski definition) is 0. The highest BCUT2D eigenvalue weighted by atomic mass is 16.6. The minimum Gasteiger partial charge on any atom is -0.462 e. The number of allylic oxidation sites excluding steroid dienone is 6. The first-order valence-electron chi connectivity index (χ1n) is 26.5. The van der Waals surface area contributed by atoms with Gasteiger partial charge < -0.3 is 14.2 Å². The molecule has 1 atom stereocenters.